The Labute approximate surface area is 177 Å². The third kappa shape index (κ3) is 4.56. The summed E-state index contributed by atoms with van der Waals surface area (Å²) in [6, 6.07) is 13.0. The van der Waals surface area contributed by atoms with Gasteiger partial charge in [0.05, 0.1) is 0 Å². The number of pyridine rings is 1. The molecule has 2 aliphatic heterocycles. The first kappa shape index (κ1) is 20.6. The van der Waals surface area contributed by atoms with E-state index in [0.717, 1.165) is 56.4 Å². The molecule has 1 aromatic heterocycles. The Morgan fingerprint density at radius 1 is 1.13 bits per heavy atom. The highest BCUT2D eigenvalue weighted by Crippen LogP contribution is 2.34. The number of guanidine groups is 1. The van der Waals surface area contributed by atoms with E-state index in [1.54, 1.807) is 12.1 Å². The minimum absolute atomic E-state index is 0.147. The monoisotopic (exact) mass is 411 g/mol. The van der Waals surface area contributed by atoms with Gasteiger partial charge in [0.1, 0.15) is 11.6 Å². The molecule has 0 saturated carbocycles. The van der Waals surface area contributed by atoms with Crippen molar-refractivity contribution in [2.45, 2.75) is 18.3 Å². The van der Waals surface area contributed by atoms with Gasteiger partial charge in [-0.1, -0.05) is 18.2 Å². The van der Waals surface area contributed by atoms with Crippen molar-refractivity contribution in [2.24, 2.45) is 4.99 Å². The maximum absolute atomic E-state index is 13.9. The summed E-state index contributed by atoms with van der Waals surface area (Å²) >= 11 is 0. The van der Waals surface area contributed by atoms with E-state index in [0.29, 0.717) is 19.8 Å². The summed E-state index contributed by atoms with van der Waals surface area (Å²) in [5.41, 5.74) is 0.889. The molecule has 1 aromatic carbocycles. The summed E-state index contributed by atoms with van der Waals surface area (Å²) in [6.07, 6.45) is 3.57. The fraction of sp³-hybridized carbons (Fsp3) is 0.478. The molecule has 6 nitrogen and oxygen atoms in total. The molecule has 2 fully saturated rings. The van der Waals surface area contributed by atoms with Crippen molar-refractivity contribution in [1.29, 1.82) is 0 Å². The van der Waals surface area contributed by atoms with Gasteiger partial charge in [-0.2, -0.15) is 0 Å². The second kappa shape index (κ2) is 9.43. The molecule has 0 bridgehead atoms. The van der Waals surface area contributed by atoms with Gasteiger partial charge in [-0.15, -0.1) is 0 Å². The van der Waals surface area contributed by atoms with Gasteiger partial charge in [-0.25, -0.2) is 9.37 Å². The van der Waals surface area contributed by atoms with Crippen molar-refractivity contribution in [2.75, 3.05) is 57.9 Å². The third-order valence-corrected chi connectivity index (χ3v) is 6.24. The summed E-state index contributed by atoms with van der Waals surface area (Å²) in [5.74, 6) is 1.73. The zero-order chi connectivity index (χ0) is 20.8. The predicted molar refractivity (Wildman–Crippen MR) is 118 cm³/mol. The topological polar surface area (TPSA) is 53.0 Å². The summed E-state index contributed by atoms with van der Waals surface area (Å²) in [4.78, 5) is 13.6. The van der Waals surface area contributed by atoms with Gasteiger partial charge in [0.25, 0.3) is 0 Å². The van der Waals surface area contributed by atoms with Gasteiger partial charge in [0, 0.05) is 64.6 Å². The van der Waals surface area contributed by atoms with Crippen LogP contribution in [-0.4, -0.2) is 68.8 Å². The number of hydrogen-bond donors (Lipinski definition) is 1. The van der Waals surface area contributed by atoms with Gasteiger partial charge < -0.3 is 19.9 Å². The van der Waals surface area contributed by atoms with Crippen LogP contribution >= 0.6 is 0 Å². The van der Waals surface area contributed by atoms with E-state index >= 15 is 0 Å². The normalized spacial score (nSPS) is 19.6. The first-order valence-corrected chi connectivity index (χ1v) is 10.7. The van der Waals surface area contributed by atoms with Crippen molar-refractivity contribution in [1.82, 2.24) is 15.2 Å². The molecule has 0 aliphatic carbocycles. The van der Waals surface area contributed by atoms with Gasteiger partial charge in [-0.3, -0.25) is 4.99 Å². The highest BCUT2D eigenvalue weighted by molar-refractivity contribution is 5.80. The molecule has 30 heavy (non-hydrogen) atoms. The average molecular weight is 412 g/mol. The zero-order valence-corrected chi connectivity index (χ0v) is 17.6. The Bertz CT molecular complexity index is 846. The molecule has 3 heterocycles. The number of nitrogens with one attached hydrogen (secondary N) is 1. The van der Waals surface area contributed by atoms with E-state index in [4.69, 9.17) is 4.74 Å². The summed E-state index contributed by atoms with van der Waals surface area (Å²) in [7, 11) is 1.83. The van der Waals surface area contributed by atoms with Crippen LogP contribution in [0.5, 0.6) is 0 Å². The standard InChI is InChI=1S/C23H30FN5O/c1-25-22(29-13-11-28(12-14-29)21-7-2-3-10-26-21)27-18-23(8-15-30-16-9-23)19-5-4-6-20(24)17-19/h2-7,10,17H,8-9,11-16,18H2,1H3,(H,25,27). The molecule has 7 heteroatoms. The van der Waals surface area contributed by atoms with Gasteiger partial charge in [0.2, 0.25) is 0 Å². The number of ether oxygens (including phenoxy) is 1. The van der Waals surface area contributed by atoms with Crippen molar-refractivity contribution in [3.8, 4) is 0 Å². The van der Waals surface area contributed by atoms with Crippen LogP contribution < -0.4 is 10.2 Å². The Morgan fingerprint density at radius 2 is 1.93 bits per heavy atom. The Balaban J connectivity index is 1.41. The zero-order valence-electron chi connectivity index (χ0n) is 17.6. The second-order valence-electron chi connectivity index (χ2n) is 7.97. The lowest BCUT2D eigenvalue weighted by atomic mass is 9.74. The van der Waals surface area contributed by atoms with Crippen LogP contribution in [0.15, 0.2) is 53.7 Å². The molecule has 0 radical (unpaired) electrons. The lowest BCUT2D eigenvalue weighted by Gasteiger charge is -2.41. The van der Waals surface area contributed by atoms with Gasteiger partial charge in [0.15, 0.2) is 5.96 Å². The predicted octanol–water partition coefficient (Wildman–Crippen LogP) is 2.67. The molecule has 0 unspecified atom stereocenters. The lowest BCUT2D eigenvalue weighted by Crippen LogP contribution is -2.55. The van der Waals surface area contributed by atoms with E-state index in [-0.39, 0.29) is 11.2 Å². The number of aliphatic imine (C=N–C) groups is 1. The molecular weight excluding hydrogens is 381 g/mol. The minimum Gasteiger partial charge on any atom is -0.381 e. The van der Waals surface area contributed by atoms with Crippen LogP contribution in [-0.2, 0) is 10.2 Å². The van der Waals surface area contributed by atoms with Crippen molar-refractivity contribution in [3.05, 3.63) is 60.0 Å². The molecule has 2 aromatic rings. The van der Waals surface area contributed by atoms with Crippen LogP contribution in [0, 0.1) is 5.82 Å². The van der Waals surface area contributed by atoms with Crippen LogP contribution in [0.2, 0.25) is 0 Å². The summed E-state index contributed by atoms with van der Waals surface area (Å²) in [6.45, 7) is 5.67. The Kier molecular flexibility index (Phi) is 6.47. The van der Waals surface area contributed by atoms with Gasteiger partial charge in [-0.05, 0) is 42.7 Å². The van der Waals surface area contributed by atoms with E-state index in [2.05, 4.69) is 31.2 Å². The minimum atomic E-state index is -0.187. The molecule has 0 atom stereocenters. The van der Waals surface area contributed by atoms with E-state index < -0.39 is 0 Å². The number of benzene rings is 1. The lowest BCUT2D eigenvalue weighted by molar-refractivity contribution is 0.0510. The number of nitrogens with zero attached hydrogens (tertiary/aromatic N) is 4. The average Bonchev–Trinajstić information content (AvgIpc) is 2.81. The second-order valence-corrected chi connectivity index (χ2v) is 7.97. The quantitative estimate of drug-likeness (QED) is 0.619. The molecular formula is C23H30FN5O. The largest absolute Gasteiger partial charge is 0.381 e. The molecule has 2 saturated heterocycles. The molecule has 2 aliphatic rings. The molecule has 1 N–H and O–H groups in total. The van der Waals surface area contributed by atoms with Crippen LogP contribution in [0.4, 0.5) is 10.2 Å². The smallest absolute Gasteiger partial charge is 0.193 e. The number of piperazine rings is 1. The molecule has 0 spiro atoms. The summed E-state index contributed by atoms with van der Waals surface area (Å²) in [5, 5.41) is 3.59. The van der Waals surface area contributed by atoms with E-state index in [9.17, 15) is 4.39 Å². The Hall–Kier alpha value is -2.67. The molecule has 160 valence electrons. The van der Waals surface area contributed by atoms with Crippen LogP contribution in [0.3, 0.4) is 0 Å². The highest BCUT2D eigenvalue weighted by Gasteiger charge is 2.35. The Morgan fingerprint density at radius 3 is 2.60 bits per heavy atom. The number of hydrogen-bond acceptors (Lipinski definition) is 4. The van der Waals surface area contributed by atoms with E-state index in [1.807, 2.05) is 31.4 Å². The number of anilines is 1. The fourth-order valence-corrected chi connectivity index (χ4v) is 4.42. The van der Waals surface area contributed by atoms with Crippen LogP contribution in [0.25, 0.3) is 0 Å². The van der Waals surface area contributed by atoms with Crippen molar-refractivity contribution < 1.29 is 9.13 Å². The molecule has 4 rings (SSSR count). The number of aromatic nitrogens is 1. The first-order valence-electron chi connectivity index (χ1n) is 10.7. The van der Waals surface area contributed by atoms with Crippen molar-refractivity contribution >= 4 is 11.8 Å². The maximum atomic E-state index is 13.9. The number of halogens is 1. The first-order chi connectivity index (χ1) is 14.7. The maximum Gasteiger partial charge on any atom is 0.193 e. The van der Waals surface area contributed by atoms with Gasteiger partial charge >= 0.3 is 0 Å². The summed E-state index contributed by atoms with van der Waals surface area (Å²) < 4.78 is 19.5. The SMILES string of the molecule is CN=C(NCC1(c2cccc(F)c2)CCOCC1)N1CCN(c2ccccn2)CC1. The highest BCUT2D eigenvalue weighted by atomic mass is 19.1. The third-order valence-electron chi connectivity index (χ3n) is 6.24. The van der Waals surface area contributed by atoms with Crippen LogP contribution in [0.1, 0.15) is 18.4 Å². The molecule has 0 amide bonds. The fourth-order valence-electron chi connectivity index (χ4n) is 4.42. The van der Waals surface area contributed by atoms with Crippen molar-refractivity contribution in [3.63, 3.8) is 0 Å². The number of rotatable bonds is 4. The van der Waals surface area contributed by atoms with E-state index in [1.165, 1.54) is 6.07 Å².